The van der Waals surface area contributed by atoms with E-state index in [1.54, 1.807) is 18.9 Å². The maximum Gasteiger partial charge on any atom is 0.246 e. The molecular weight excluding hydrogens is 490 g/mol. The summed E-state index contributed by atoms with van der Waals surface area (Å²) in [6, 6.07) is 16.6. The SMILES string of the molecule is CNC(C)C(=O)NC(C(=O)N1CCN(Cc2ccccc2)CC1C(=O)NC1CCCc2ccccc21)C(C)C. The predicted octanol–water partition coefficient (Wildman–Crippen LogP) is 2.64. The molecule has 4 rings (SSSR count). The Morgan fingerprint density at radius 1 is 0.974 bits per heavy atom. The predicted molar refractivity (Wildman–Crippen MR) is 153 cm³/mol. The number of hydrogen-bond donors (Lipinski definition) is 3. The lowest BCUT2D eigenvalue weighted by Gasteiger charge is -2.43. The van der Waals surface area contributed by atoms with Crippen LogP contribution in [0.3, 0.4) is 0 Å². The van der Waals surface area contributed by atoms with Crippen molar-refractivity contribution in [3.05, 3.63) is 71.3 Å². The van der Waals surface area contributed by atoms with Crippen LogP contribution in [0.5, 0.6) is 0 Å². The lowest BCUT2D eigenvalue weighted by molar-refractivity contribution is -0.148. The number of carbonyl (C=O) groups is 3. The molecule has 1 heterocycles. The van der Waals surface area contributed by atoms with Crippen molar-refractivity contribution in [2.24, 2.45) is 5.92 Å². The summed E-state index contributed by atoms with van der Waals surface area (Å²) >= 11 is 0. The highest BCUT2D eigenvalue weighted by Crippen LogP contribution is 2.30. The number of fused-ring (bicyclic) bond motifs is 1. The normalized spacial score (nSPS) is 21.1. The number of piperazine rings is 1. The van der Waals surface area contributed by atoms with Crippen LogP contribution in [0, 0.1) is 5.92 Å². The molecule has 1 fully saturated rings. The number of aryl methyl sites for hydroxylation is 1. The van der Waals surface area contributed by atoms with Gasteiger partial charge in [-0.05, 0) is 55.8 Å². The van der Waals surface area contributed by atoms with E-state index in [2.05, 4.69) is 45.1 Å². The second kappa shape index (κ2) is 13.2. The van der Waals surface area contributed by atoms with E-state index in [1.807, 2.05) is 44.2 Å². The zero-order valence-electron chi connectivity index (χ0n) is 23.7. The van der Waals surface area contributed by atoms with Crippen molar-refractivity contribution in [1.29, 1.82) is 0 Å². The molecule has 8 heteroatoms. The van der Waals surface area contributed by atoms with Crippen LogP contribution in [0.25, 0.3) is 0 Å². The third kappa shape index (κ3) is 7.05. The highest BCUT2D eigenvalue weighted by molar-refractivity contribution is 5.93. The molecule has 4 atom stereocenters. The molecule has 0 aromatic heterocycles. The summed E-state index contributed by atoms with van der Waals surface area (Å²) in [5.41, 5.74) is 3.61. The number of nitrogens with one attached hydrogen (secondary N) is 3. The Balaban J connectivity index is 1.56. The topological polar surface area (TPSA) is 93.8 Å². The van der Waals surface area contributed by atoms with Gasteiger partial charge in [0.15, 0.2) is 0 Å². The van der Waals surface area contributed by atoms with Gasteiger partial charge in [-0.3, -0.25) is 19.3 Å². The molecule has 1 aliphatic carbocycles. The molecule has 8 nitrogen and oxygen atoms in total. The van der Waals surface area contributed by atoms with Gasteiger partial charge < -0.3 is 20.9 Å². The van der Waals surface area contributed by atoms with Gasteiger partial charge in [-0.1, -0.05) is 68.4 Å². The van der Waals surface area contributed by atoms with Crippen LogP contribution < -0.4 is 16.0 Å². The Morgan fingerprint density at radius 2 is 1.69 bits per heavy atom. The summed E-state index contributed by atoms with van der Waals surface area (Å²) in [6.45, 7) is 7.83. The van der Waals surface area contributed by atoms with E-state index in [1.165, 1.54) is 16.7 Å². The first kappa shape index (κ1) is 28.8. The van der Waals surface area contributed by atoms with Crippen molar-refractivity contribution < 1.29 is 14.4 Å². The van der Waals surface area contributed by atoms with Gasteiger partial charge >= 0.3 is 0 Å². The standard InChI is InChI=1S/C31H43N5O3/c1-21(2)28(34-29(37)22(3)32-4)31(39)36-18-17-35(19-23-11-6-5-7-12-23)20-27(36)30(38)33-26-16-10-14-24-13-8-9-15-25(24)26/h5-9,11-13,15,21-22,26-28,32H,10,14,16-20H2,1-4H3,(H,33,38)(H,34,37). The average Bonchev–Trinajstić information content (AvgIpc) is 2.95. The minimum absolute atomic E-state index is 0.0685. The molecule has 1 saturated heterocycles. The molecule has 4 unspecified atom stereocenters. The van der Waals surface area contributed by atoms with Crippen LogP contribution in [-0.4, -0.2) is 72.3 Å². The molecule has 3 N–H and O–H groups in total. The fourth-order valence-corrected chi connectivity index (χ4v) is 5.59. The zero-order chi connectivity index (χ0) is 27.9. The Labute approximate surface area is 232 Å². The second-order valence-electron chi connectivity index (χ2n) is 11.2. The van der Waals surface area contributed by atoms with E-state index in [0.29, 0.717) is 26.2 Å². The van der Waals surface area contributed by atoms with Crippen LogP contribution >= 0.6 is 0 Å². The Kier molecular flexibility index (Phi) is 9.75. The Morgan fingerprint density at radius 3 is 2.41 bits per heavy atom. The first-order valence-electron chi connectivity index (χ1n) is 14.2. The smallest absolute Gasteiger partial charge is 0.246 e. The molecule has 0 bridgehead atoms. The van der Waals surface area contributed by atoms with E-state index in [0.717, 1.165) is 19.3 Å². The van der Waals surface area contributed by atoms with Crippen molar-refractivity contribution in [1.82, 2.24) is 25.8 Å². The number of likely N-dealkylation sites (N-methyl/N-ethyl adjacent to an activating group) is 1. The highest BCUT2D eigenvalue weighted by atomic mass is 16.2. The van der Waals surface area contributed by atoms with Gasteiger partial charge in [-0.15, -0.1) is 0 Å². The first-order valence-corrected chi connectivity index (χ1v) is 14.2. The first-order chi connectivity index (χ1) is 18.8. The van der Waals surface area contributed by atoms with Crippen LogP contribution in [0.2, 0.25) is 0 Å². The molecule has 2 aromatic rings. The van der Waals surface area contributed by atoms with E-state index in [9.17, 15) is 14.4 Å². The molecule has 2 aromatic carbocycles. The van der Waals surface area contributed by atoms with Crippen molar-refractivity contribution in [3.63, 3.8) is 0 Å². The van der Waals surface area contributed by atoms with Gasteiger partial charge in [0.05, 0.1) is 12.1 Å². The van der Waals surface area contributed by atoms with Gasteiger partial charge in [0.1, 0.15) is 12.1 Å². The van der Waals surface area contributed by atoms with Crippen LogP contribution in [0.15, 0.2) is 54.6 Å². The second-order valence-corrected chi connectivity index (χ2v) is 11.2. The van der Waals surface area contributed by atoms with Gasteiger partial charge in [0.25, 0.3) is 0 Å². The van der Waals surface area contributed by atoms with Gasteiger partial charge in [-0.2, -0.15) is 0 Å². The fourth-order valence-electron chi connectivity index (χ4n) is 5.59. The summed E-state index contributed by atoms with van der Waals surface area (Å²) in [5.74, 6) is -0.695. The average molecular weight is 534 g/mol. The largest absolute Gasteiger partial charge is 0.347 e. The summed E-state index contributed by atoms with van der Waals surface area (Å²) in [4.78, 5) is 44.5. The van der Waals surface area contributed by atoms with Crippen LogP contribution in [0.1, 0.15) is 56.3 Å². The Hall–Kier alpha value is -3.23. The number of rotatable bonds is 9. The minimum atomic E-state index is -0.709. The zero-order valence-corrected chi connectivity index (χ0v) is 23.7. The fraction of sp³-hybridized carbons (Fsp3) is 0.516. The summed E-state index contributed by atoms with van der Waals surface area (Å²) in [7, 11) is 1.71. The number of carbonyl (C=O) groups excluding carboxylic acids is 3. The Bertz CT molecular complexity index is 1140. The molecule has 2 aliphatic rings. The third-order valence-electron chi connectivity index (χ3n) is 8.04. The van der Waals surface area contributed by atoms with E-state index >= 15 is 0 Å². The van der Waals surface area contributed by atoms with E-state index < -0.39 is 18.1 Å². The van der Waals surface area contributed by atoms with Crippen molar-refractivity contribution in [2.45, 2.75) is 70.7 Å². The molecule has 39 heavy (non-hydrogen) atoms. The lowest BCUT2D eigenvalue weighted by Crippen LogP contribution is -2.64. The number of hydrogen-bond acceptors (Lipinski definition) is 5. The van der Waals surface area contributed by atoms with Gasteiger partial charge in [0, 0.05) is 26.2 Å². The molecule has 1 aliphatic heterocycles. The van der Waals surface area contributed by atoms with Crippen molar-refractivity contribution in [2.75, 3.05) is 26.7 Å². The highest BCUT2D eigenvalue weighted by Gasteiger charge is 2.40. The maximum absolute atomic E-state index is 13.9. The summed E-state index contributed by atoms with van der Waals surface area (Å²) < 4.78 is 0. The minimum Gasteiger partial charge on any atom is -0.347 e. The molecule has 0 saturated carbocycles. The van der Waals surface area contributed by atoms with Crippen LogP contribution in [0.4, 0.5) is 0 Å². The number of benzene rings is 2. The van der Waals surface area contributed by atoms with Gasteiger partial charge in [-0.25, -0.2) is 0 Å². The molecular formula is C31H43N5O3. The van der Waals surface area contributed by atoms with Crippen molar-refractivity contribution in [3.8, 4) is 0 Å². The number of nitrogens with zero attached hydrogens (tertiary/aromatic N) is 2. The van der Waals surface area contributed by atoms with Gasteiger partial charge in [0.2, 0.25) is 17.7 Å². The number of amides is 3. The van der Waals surface area contributed by atoms with E-state index in [4.69, 9.17) is 0 Å². The van der Waals surface area contributed by atoms with E-state index in [-0.39, 0.29) is 29.7 Å². The molecule has 0 radical (unpaired) electrons. The monoisotopic (exact) mass is 533 g/mol. The summed E-state index contributed by atoms with van der Waals surface area (Å²) in [5, 5.41) is 9.15. The molecule has 3 amide bonds. The molecule has 0 spiro atoms. The van der Waals surface area contributed by atoms with Crippen LogP contribution in [-0.2, 0) is 27.3 Å². The maximum atomic E-state index is 13.9. The molecule has 210 valence electrons. The third-order valence-corrected chi connectivity index (χ3v) is 8.04. The quantitative estimate of drug-likeness (QED) is 0.461. The summed E-state index contributed by atoms with van der Waals surface area (Å²) in [6.07, 6.45) is 2.91. The van der Waals surface area contributed by atoms with Crippen molar-refractivity contribution >= 4 is 17.7 Å². The lowest BCUT2D eigenvalue weighted by atomic mass is 9.87.